The smallest absolute Gasteiger partial charge is 0.0464 e. The zero-order valence-electron chi connectivity index (χ0n) is 9.73. The van der Waals surface area contributed by atoms with E-state index in [2.05, 4.69) is 69.8 Å². The molecule has 0 saturated heterocycles. The summed E-state index contributed by atoms with van der Waals surface area (Å²) < 4.78 is 1.12. The van der Waals surface area contributed by atoms with Gasteiger partial charge in [0.05, 0.1) is 0 Å². The molecule has 0 aliphatic carbocycles. The summed E-state index contributed by atoms with van der Waals surface area (Å²) in [4.78, 5) is 0. The second-order valence-corrected chi connectivity index (χ2v) is 4.99. The second-order valence-electron chi connectivity index (χ2n) is 4.13. The fourth-order valence-corrected chi connectivity index (χ4v) is 2.53. The topological polar surface area (TPSA) is 12.0 Å². The van der Waals surface area contributed by atoms with Crippen molar-refractivity contribution in [2.24, 2.45) is 0 Å². The molecular formula is C16H12BrN. The molecule has 0 aliphatic rings. The van der Waals surface area contributed by atoms with E-state index in [1.165, 1.54) is 10.8 Å². The van der Waals surface area contributed by atoms with Crippen molar-refractivity contribution in [2.75, 3.05) is 5.32 Å². The first-order chi connectivity index (χ1) is 8.84. The molecule has 3 aromatic carbocycles. The third-order valence-electron chi connectivity index (χ3n) is 2.92. The Morgan fingerprint density at radius 3 is 2.11 bits per heavy atom. The monoisotopic (exact) mass is 297 g/mol. The van der Waals surface area contributed by atoms with Crippen LogP contribution in [0.5, 0.6) is 0 Å². The van der Waals surface area contributed by atoms with E-state index in [-0.39, 0.29) is 0 Å². The van der Waals surface area contributed by atoms with Crippen LogP contribution in [0.2, 0.25) is 0 Å². The van der Waals surface area contributed by atoms with Crippen molar-refractivity contribution in [3.05, 3.63) is 71.2 Å². The minimum atomic E-state index is 1.10. The highest BCUT2D eigenvalue weighted by Gasteiger charge is 2.03. The van der Waals surface area contributed by atoms with Crippen LogP contribution < -0.4 is 5.32 Å². The van der Waals surface area contributed by atoms with Crippen LogP contribution >= 0.6 is 15.9 Å². The van der Waals surface area contributed by atoms with Gasteiger partial charge in [-0.15, -0.1) is 0 Å². The highest BCUT2D eigenvalue weighted by molar-refractivity contribution is 9.10. The maximum Gasteiger partial charge on any atom is 0.0464 e. The fraction of sp³-hybridized carbons (Fsp3) is 0. The predicted octanol–water partition coefficient (Wildman–Crippen LogP) is 5.35. The number of rotatable bonds is 2. The van der Waals surface area contributed by atoms with Gasteiger partial charge in [0.25, 0.3) is 0 Å². The maximum absolute atomic E-state index is 3.59. The lowest BCUT2D eigenvalue weighted by atomic mass is 10.1. The molecule has 0 atom stereocenters. The number of hydrogen-bond donors (Lipinski definition) is 1. The lowest BCUT2D eigenvalue weighted by Crippen LogP contribution is -1.91. The Bertz CT molecular complexity index is 677. The quantitative estimate of drug-likeness (QED) is 0.673. The third kappa shape index (κ3) is 2.12. The Hall–Kier alpha value is -1.80. The van der Waals surface area contributed by atoms with Gasteiger partial charge in [0, 0.05) is 21.2 Å². The Labute approximate surface area is 115 Å². The molecule has 0 aromatic heterocycles. The van der Waals surface area contributed by atoms with Crippen molar-refractivity contribution in [2.45, 2.75) is 0 Å². The van der Waals surface area contributed by atoms with Gasteiger partial charge in [-0.05, 0) is 29.7 Å². The van der Waals surface area contributed by atoms with Gasteiger partial charge in [-0.3, -0.25) is 0 Å². The zero-order valence-corrected chi connectivity index (χ0v) is 11.3. The summed E-state index contributed by atoms with van der Waals surface area (Å²) in [7, 11) is 0. The second kappa shape index (κ2) is 4.83. The van der Waals surface area contributed by atoms with Gasteiger partial charge in [0.15, 0.2) is 0 Å². The number of fused-ring (bicyclic) bond motifs is 1. The Kier molecular flexibility index (Phi) is 3.03. The van der Waals surface area contributed by atoms with Crippen molar-refractivity contribution < 1.29 is 0 Å². The van der Waals surface area contributed by atoms with E-state index in [1.54, 1.807) is 0 Å². The molecule has 1 nitrogen and oxygen atoms in total. The first-order valence-corrected chi connectivity index (χ1v) is 6.63. The van der Waals surface area contributed by atoms with Gasteiger partial charge < -0.3 is 5.32 Å². The van der Waals surface area contributed by atoms with E-state index in [0.29, 0.717) is 0 Å². The summed E-state index contributed by atoms with van der Waals surface area (Å²) in [5.41, 5.74) is 2.23. The lowest BCUT2D eigenvalue weighted by molar-refractivity contribution is 1.57. The van der Waals surface area contributed by atoms with Crippen LogP contribution in [0.15, 0.2) is 71.2 Å². The van der Waals surface area contributed by atoms with Gasteiger partial charge in [0.1, 0.15) is 0 Å². The summed E-state index contributed by atoms with van der Waals surface area (Å²) in [5, 5.41) is 5.89. The number of nitrogens with one attached hydrogen (secondary N) is 1. The van der Waals surface area contributed by atoms with Gasteiger partial charge in [0.2, 0.25) is 0 Å². The summed E-state index contributed by atoms with van der Waals surface area (Å²) in [6.07, 6.45) is 0. The minimum Gasteiger partial charge on any atom is -0.355 e. The largest absolute Gasteiger partial charge is 0.355 e. The average molecular weight is 298 g/mol. The molecule has 3 aromatic rings. The van der Waals surface area contributed by atoms with Crippen molar-refractivity contribution in [3.63, 3.8) is 0 Å². The Morgan fingerprint density at radius 2 is 1.33 bits per heavy atom. The normalized spacial score (nSPS) is 10.5. The Morgan fingerprint density at radius 1 is 0.667 bits per heavy atom. The molecule has 0 amide bonds. The van der Waals surface area contributed by atoms with Crippen LogP contribution in [0, 0.1) is 0 Å². The molecule has 0 unspecified atom stereocenters. The van der Waals surface area contributed by atoms with Gasteiger partial charge >= 0.3 is 0 Å². The van der Waals surface area contributed by atoms with E-state index in [9.17, 15) is 0 Å². The van der Waals surface area contributed by atoms with Crippen LogP contribution in [0.1, 0.15) is 0 Å². The molecule has 2 heteroatoms. The molecular weight excluding hydrogens is 286 g/mol. The molecule has 0 spiro atoms. The average Bonchev–Trinajstić information content (AvgIpc) is 2.44. The molecule has 0 aliphatic heterocycles. The molecule has 0 fully saturated rings. The highest BCUT2D eigenvalue weighted by Crippen LogP contribution is 2.31. The molecule has 18 heavy (non-hydrogen) atoms. The van der Waals surface area contributed by atoms with Crippen molar-refractivity contribution >= 4 is 38.1 Å². The fourth-order valence-electron chi connectivity index (χ4n) is 2.05. The van der Waals surface area contributed by atoms with Crippen LogP contribution in [0.3, 0.4) is 0 Å². The maximum atomic E-state index is 3.59. The molecule has 0 saturated carbocycles. The first-order valence-electron chi connectivity index (χ1n) is 5.84. The molecule has 3 rings (SSSR count). The number of anilines is 2. The van der Waals surface area contributed by atoms with Crippen LogP contribution in [0.25, 0.3) is 10.8 Å². The van der Waals surface area contributed by atoms with E-state index in [1.807, 2.05) is 18.2 Å². The standard InChI is InChI=1S/C16H12BrN/c17-15-10-11-16(14-9-5-4-8-13(14)15)18-12-6-2-1-3-7-12/h1-11,18H. The third-order valence-corrected chi connectivity index (χ3v) is 3.62. The molecule has 0 heterocycles. The van der Waals surface area contributed by atoms with E-state index >= 15 is 0 Å². The van der Waals surface area contributed by atoms with Crippen molar-refractivity contribution in [1.82, 2.24) is 0 Å². The van der Waals surface area contributed by atoms with Crippen LogP contribution in [-0.4, -0.2) is 0 Å². The van der Waals surface area contributed by atoms with Gasteiger partial charge in [-0.25, -0.2) is 0 Å². The summed E-state index contributed by atoms with van der Waals surface area (Å²) in [6, 6.07) is 22.8. The van der Waals surface area contributed by atoms with Crippen LogP contribution in [-0.2, 0) is 0 Å². The SMILES string of the molecule is Brc1ccc(Nc2ccccc2)c2ccccc12. The molecule has 1 N–H and O–H groups in total. The van der Waals surface area contributed by atoms with Gasteiger partial charge in [-0.2, -0.15) is 0 Å². The number of benzene rings is 3. The van der Waals surface area contributed by atoms with E-state index in [0.717, 1.165) is 15.8 Å². The first kappa shape index (κ1) is 11.3. The van der Waals surface area contributed by atoms with Crippen molar-refractivity contribution in [1.29, 1.82) is 0 Å². The summed E-state index contributed by atoms with van der Waals surface area (Å²) in [5.74, 6) is 0. The Balaban J connectivity index is 2.10. The summed E-state index contributed by atoms with van der Waals surface area (Å²) in [6.45, 7) is 0. The number of halogens is 1. The van der Waals surface area contributed by atoms with E-state index < -0.39 is 0 Å². The molecule has 0 bridgehead atoms. The molecule has 0 radical (unpaired) electrons. The number of para-hydroxylation sites is 1. The van der Waals surface area contributed by atoms with Crippen molar-refractivity contribution in [3.8, 4) is 0 Å². The summed E-state index contributed by atoms with van der Waals surface area (Å²) >= 11 is 3.59. The minimum absolute atomic E-state index is 1.10. The zero-order chi connectivity index (χ0) is 12.4. The lowest BCUT2D eigenvalue weighted by Gasteiger charge is -2.10. The van der Waals surface area contributed by atoms with E-state index in [4.69, 9.17) is 0 Å². The predicted molar refractivity (Wildman–Crippen MR) is 81.4 cm³/mol. The van der Waals surface area contributed by atoms with Gasteiger partial charge in [-0.1, -0.05) is 58.4 Å². The highest BCUT2D eigenvalue weighted by atomic mass is 79.9. The number of hydrogen-bond acceptors (Lipinski definition) is 1. The molecule has 88 valence electrons. The van der Waals surface area contributed by atoms with Crippen LogP contribution in [0.4, 0.5) is 11.4 Å².